The topological polar surface area (TPSA) is 43.6 Å². The van der Waals surface area contributed by atoms with Crippen LogP contribution >= 0.6 is 11.3 Å². The van der Waals surface area contributed by atoms with Gasteiger partial charge < -0.3 is 4.57 Å². The molecular formula is C61H36N4S. The Morgan fingerprint density at radius 2 is 0.758 bits per heavy atom. The summed E-state index contributed by atoms with van der Waals surface area (Å²) in [6.07, 6.45) is 0. The van der Waals surface area contributed by atoms with Gasteiger partial charge in [-0.15, -0.1) is 11.3 Å². The zero-order valence-corrected chi connectivity index (χ0v) is 36.3. The van der Waals surface area contributed by atoms with E-state index in [9.17, 15) is 0 Å². The molecule has 4 nitrogen and oxygen atoms in total. The molecule has 14 aromatic rings. The first-order valence-electron chi connectivity index (χ1n) is 22.3. The van der Waals surface area contributed by atoms with E-state index in [0.29, 0.717) is 17.5 Å². The third-order valence-corrected chi connectivity index (χ3v) is 14.5. The standard InChI is InChI=1S/C61H36N4S/c1-3-17-41-35-55-51(31-39(41)15-1)52-32-40-16-2-4-18-42(40)36-56(52)65(55)54-29-27-44(34-50(54)43-28-30-58-53(33-43)47-23-9-10-26-57(47)66-58)59-62-60(48-24-11-19-37-13-5-7-21-45(37)48)64-61(63-59)49-25-12-20-38-14-6-8-22-46(38)49/h1-36H. The SMILES string of the molecule is c1ccc2cc3c(cc2c1)c1cc2ccccc2cc1n3-c1ccc(-c2nc(-c3cccc4ccccc34)nc(-c3cccc4ccccc34)n2)cc1-c1ccc2sc3ccccc3c2c1. The van der Waals surface area contributed by atoms with Crippen molar-refractivity contribution < 1.29 is 0 Å². The number of rotatable bonds is 5. The quantitative estimate of drug-likeness (QED) is 0.173. The lowest BCUT2D eigenvalue weighted by molar-refractivity contribution is 1.08. The van der Waals surface area contributed by atoms with Crippen molar-refractivity contribution in [3.63, 3.8) is 0 Å². The molecule has 14 rings (SSSR count). The largest absolute Gasteiger partial charge is 0.309 e. The number of benzene rings is 11. The molecule has 306 valence electrons. The van der Waals surface area contributed by atoms with Gasteiger partial charge in [0.15, 0.2) is 17.5 Å². The molecule has 3 heterocycles. The van der Waals surface area contributed by atoms with Crippen molar-refractivity contribution in [1.29, 1.82) is 0 Å². The van der Waals surface area contributed by atoms with Gasteiger partial charge in [0.1, 0.15) is 0 Å². The minimum absolute atomic E-state index is 0.616. The van der Waals surface area contributed by atoms with Crippen LogP contribution in [-0.2, 0) is 0 Å². The van der Waals surface area contributed by atoms with Crippen molar-refractivity contribution in [3.05, 3.63) is 218 Å². The highest BCUT2D eigenvalue weighted by Crippen LogP contribution is 2.43. The summed E-state index contributed by atoms with van der Waals surface area (Å²) in [5.74, 6) is 1.89. The van der Waals surface area contributed by atoms with Crippen LogP contribution in [0.1, 0.15) is 0 Å². The predicted molar refractivity (Wildman–Crippen MR) is 279 cm³/mol. The molecule has 0 saturated heterocycles. The minimum atomic E-state index is 0.616. The number of nitrogens with zero attached hydrogens (tertiary/aromatic N) is 4. The van der Waals surface area contributed by atoms with Gasteiger partial charge in [0.05, 0.1) is 16.7 Å². The fraction of sp³-hybridized carbons (Fsp3) is 0. The van der Waals surface area contributed by atoms with Crippen LogP contribution in [0.2, 0.25) is 0 Å². The first-order valence-corrected chi connectivity index (χ1v) is 23.1. The summed E-state index contributed by atoms with van der Waals surface area (Å²) >= 11 is 1.84. The molecule has 0 saturated carbocycles. The number of hydrogen-bond acceptors (Lipinski definition) is 4. The molecule has 11 aromatic carbocycles. The lowest BCUT2D eigenvalue weighted by Crippen LogP contribution is -2.02. The summed E-state index contributed by atoms with van der Waals surface area (Å²) in [4.78, 5) is 16.0. The maximum Gasteiger partial charge on any atom is 0.164 e. The Bertz CT molecular complexity index is 4110. The van der Waals surface area contributed by atoms with E-state index in [1.54, 1.807) is 0 Å². The van der Waals surface area contributed by atoms with E-state index < -0.39 is 0 Å². The van der Waals surface area contributed by atoms with Crippen molar-refractivity contribution in [2.75, 3.05) is 0 Å². The van der Waals surface area contributed by atoms with Crippen LogP contribution < -0.4 is 0 Å². The molecule has 0 aliphatic carbocycles. The van der Waals surface area contributed by atoms with Crippen LogP contribution in [0.15, 0.2) is 218 Å². The Balaban J connectivity index is 1.07. The average molecular weight is 857 g/mol. The van der Waals surface area contributed by atoms with Crippen molar-refractivity contribution >= 4 is 96.4 Å². The monoisotopic (exact) mass is 856 g/mol. The molecule has 0 amide bonds. The smallest absolute Gasteiger partial charge is 0.164 e. The summed E-state index contributed by atoms with van der Waals surface area (Å²) in [6, 6.07) is 78.9. The van der Waals surface area contributed by atoms with Gasteiger partial charge in [-0.05, 0) is 109 Å². The number of aromatic nitrogens is 4. The molecule has 3 aromatic heterocycles. The molecule has 0 N–H and O–H groups in total. The Morgan fingerprint density at radius 1 is 0.288 bits per heavy atom. The normalized spacial score (nSPS) is 11.9. The van der Waals surface area contributed by atoms with Crippen LogP contribution in [0.5, 0.6) is 0 Å². The highest BCUT2D eigenvalue weighted by molar-refractivity contribution is 7.25. The van der Waals surface area contributed by atoms with Gasteiger partial charge in [-0.1, -0.05) is 158 Å². The van der Waals surface area contributed by atoms with Crippen molar-refractivity contribution in [3.8, 4) is 51.0 Å². The lowest BCUT2D eigenvalue weighted by Gasteiger charge is -2.17. The summed E-state index contributed by atoms with van der Waals surface area (Å²) in [7, 11) is 0. The zero-order valence-electron chi connectivity index (χ0n) is 35.5. The fourth-order valence-corrected chi connectivity index (χ4v) is 11.3. The summed E-state index contributed by atoms with van der Waals surface area (Å²) in [5, 5.41) is 14.3. The molecule has 0 radical (unpaired) electrons. The second-order valence-corrected chi connectivity index (χ2v) is 18.3. The van der Waals surface area contributed by atoms with Crippen LogP contribution in [0, 0.1) is 0 Å². The summed E-state index contributed by atoms with van der Waals surface area (Å²) in [5.41, 5.74) is 8.45. The molecule has 0 atom stereocenters. The van der Waals surface area contributed by atoms with Crippen LogP contribution in [0.4, 0.5) is 0 Å². The maximum absolute atomic E-state index is 5.38. The van der Waals surface area contributed by atoms with E-state index in [4.69, 9.17) is 15.0 Å². The fourth-order valence-electron chi connectivity index (χ4n) is 10.2. The molecule has 0 spiro atoms. The number of hydrogen-bond donors (Lipinski definition) is 0. The van der Waals surface area contributed by atoms with Gasteiger partial charge in [-0.3, -0.25) is 0 Å². The van der Waals surface area contributed by atoms with E-state index in [1.807, 2.05) is 11.3 Å². The summed E-state index contributed by atoms with van der Waals surface area (Å²) < 4.78 is 5.03. The van der Waals surface area contributed by atoms with Gasteiger partial charge in [-0.25, -0.2) is 15.0 Å². The van der Waals surface area contributed by atoms with Gasteiger partial charge in [0, 0.05) is 53.2 Å². The van der Waals surface area contributed by atoms with E-state index in [0.717, 1.165) is 66.1 Å². The molecule has 0 aliphatic heterocycles. The number of fused-ring (bicyclic) bond motifs is 10. The van der Waals surface area contributed by atoms with Crippen LogP contribution in [0.25, 0.3) is 136 Å². The highest BCUT2D eigenvalue weighted by atomic mass is 32.1. The maximum atomic E-state index is 5.38. The lowest BCUT2D eigenvalue weighted by atomic mass is 9.98. The molecule has 0 aliphatic rings. The Hall–Kier alpha value is -8.51. The first-order chi connectivity index (χ1) is 32.7. The Labute approximate surface area is 383 Å². The molecule has 0 bridgehead atoms. The van der Waals surface area contributed by atoms with Gasteiger partial charge in [0.25, 0.3) is 0 Å². The van der Waals surface area contributed by atoms with Crippen molar-refractivity contribution in [2.24, 2.45) is 0 Å². The minimum Gasteiger partial charge on any atom is -0.309 e. The van der Waals surface area contributed by atoms with E-state index in [1.165, 1.54) is 52.5 Å². The Kier molecular flexibility index (Phi) is 8.12. The molecule has 66 heavy (non-hydrogen) atoms. The molecule has 0 unspecified atom stereocenters. The molecule has 0 fully saturated rings. The first kappa shape index (κ1) is 36.9. The zero-order chi connectivity index (χ0) is 43.3. The predicted octanol–water partition coefficient (Wildman–Crippen LogP) is 16.6. The van der Waals surface area contributed by atoms with E-state index in [2.05, 4.69) is 223 Å². The van der Waals surface area contributed by atoms with Crippen molar-refractivity contribution in [1.82, 2.24) is 19.5 Å². The average Bonchev–Trinajstić information content (AvgIpc) is 3.90. The van der Waals surface area contributed by atoms with E-state index >= 15 is 0 Å². The Morgan fingerprint density at radius 3 is 1.36 bits per heavy atom. The second-order valence-electron chi connectivity index (χ2n) is 17.2. The van der Waals surface area contributed by atoms with Crippen LogP contribution in [0.3, 0.4) is 0 Å². The number of thiophene rings is 1. The summed E-state index contributed by atoms with van der Waals surface area (Å²) in [6.45, 7) is 0. The second kappa shape index (κ2) is 14.5. The third-order valence-electron chi connectivity index (χ3n) is 13.4. The van der Waals surface area contributed by atoms with Gasteiger partial charge >= 0.3 is 0 Å². The van der Waals surface area contributed by atoms with Gasteiger partial charge in [0.2, 0.25) is 0 Å². The van der Waals surface area contributed by atoms with Gasteiger partial charge in [-0.2, -0.15) is 0 Å². The van der Waals surface area contributed by atoms with Crippen LogP contribution in [-0.4, -0.2) is 19.5 Å². The molecule has 5 heteroatoms. The molecular weight excluding hydrogens is 821 g/mol. The van der Waals surface area contributed by atoms with Crippen molar-refractivity contribution in [2.45, 2.75) is 0 Å². The highest BCUT2D eigenvalue weighted by Gasteiger charge is 2.21. The van der Waals surface area contributed by atoms with E-state index in [-0.39, 0.29) is 0 Å². The third kappa shape index (κ3) is 5.80.